The SMILES string of the molecule is COCc1nnc2n1CCC1(CC2)CCN(C(=O)C2(C)CC2)CC1. The monoisotopic (exact) mass is 332 g/mol. The predicted octanol–water partition coefficient (Wildman–Crippen LogP) is 2.17. The van der Waals surface area contributed by atoms with Gasteiger partial charge in [-0.3, -0.25) is 4.79 Å². The van der Waals surface area contributed by atoms with Gasteiger partial charge in [0.1, 0.15) is 12.4 Å². The van der Waals surface area contributed by atoms with Crippen LogP contribution in [-0.4, -0.2) is 45.8 Å². The van der Waals surface area contributed by atoms with Gasteiger partial charge in [0.2, 0.25) is 5.91 Å². The summed E-state index contributed by atoms with van der Waals surface area (Å²) in [6, 6.07) is 0. The number of aryl methyl sites for hydroxylation is 1. The summed E-state index contributed by atoms with van der Waals surface area (Å²) >= 11 is 0. The van der Waals surface area contributed by atoms with Crippen molar-refractivity contribution in [3.8, 4) is 0 Å². The van der Waals surface area contributed by atoms with Gasteiger partial charge in [-0.25, -0.2) is 0 Å². The minimum atomic E-state index is -0.0308. The van der Waals surface area contributed by atoms with Crippen molar-refractivity contribution in [3.05, 3.63) is 11.6 Å². The second-order valence-electron chi connectivity index (χ2n) is 8.22. The summed E-state index contributed by atoms with van der Waals surface area (Å²) in [7, 11) is 1.70. The Morgan fingerprint density at radius 1 is 1.08 bits per heavy atom. The number of carbonyl (C=O) groups is 1. The van der Waals surface area contributed by atoms with E-state index in [0.717, 1.165) is 76.2 Å². The molecule has 1 spiro atoms. The van der Waals surface area contributed by atoms with E-state index in [1.165, 1.54) is 0 Å². The fourth-order valence-electron chi connectivity index (χ4n) is 4.37. The zero-order valence-electron chi connectivity index (χ0n) is 14.9. The first-order valence-electron chi connectivity index (χ1n) is 9.25. The van der Waals surface area contributed by atoms with Crippen LogP contribution in [0, 0.1) is 10.8 Å². The zero-order chi connectivity index (χ0) is 16.8. The normalized spacial score (nSPS) is 24.5. The maximum absolute atomic E-state index is 12.6. The lowest BCUT2D eigenvalue weighted by molar-refractivity contribution is -0.139. The zero-order valence-corrected chi connectivity index (χ0v) is 14.9. The Hall–Kier alpha value is -1.43. The van der Waals surface area contributed by atoms with E-state index in [9.17, 15) is 4.79 Å². The van der Waals surface area contributed by atoms with E-state index in [1.54, 1.807) is 7.11 Å². The van der Waals surface area contributed by atoms with E-state index in [0.29, 0.717) is 17.9 Å². The van der Waals surface area contributed by atoms with E-state index in [2.05, 4.69) is 26.6 Å². The lowest BCUT2D eigenvalue weighted by atomic mass is 9.72. The Morgan fingerprint density at radius 3 is 2.46 bits per heavy atom. The van der Waals surface area contributed by atoms with Gasteiger partial charge in [0, 0.05) is 38.6 Å². The van der Waals surface area contributed by atoms with Crippen LogP contribution < -0.4 is 0 Å². The Kier molecular flexibility index (Phi) is 3.90. The van der Waals surface area contributed by atoms with Gasteiger partial charge in [-0.15, -0.1) is 10.2 Å². The van der Waals surface area contributed by atoms with Gasteiger partial charge < -0.3 is 14.2 Å². The van der Waals surface area contributed by atoms with E-state index in [4.69, 9.17) is 4.74 Å². The fourth-order valence-corrected chi connectivity index (χ4v) is 4.37. The molecule has 1 aliphatic carbocycles. The lowest BCUT2D eigenvalue weighted by Gasteiger charge is -2.42. The van der Waals surface area contributed by atoms with Crippen molar-refractivity contribution in [1.82, 2.24) is 19.7 Å². The number of nitrogens with zero attached hydrogens (tertiary/aromatic N) is 4. The number of aromatic nitrogens is 3. The molecule has 1 aromatic rings. The first-order chi connectivity index (χ1) is 11.6. The van der Waals surface area contributed by atoms with Gasteiger partial charge in [0.15, 0.2) is 5.82 Å². The average molecular weight is 332 g/mol. The third-order valence-corrected chi connectivity index (χ3v) is 6.55. The molecular weight excluding hydrogens is 304 g/mol. The molecule has 0 bridgehead atoms. The number of rotatable bonds is 3. The summed E-state index contributed by atoms with van der Waals surface area (Å²) in [6.45, 7) is 5.49. The second-order valence-corrected chi connectivity index (χ2v) is 8.22. The van der Waals surface area contributed by atoms with Crippen LogP contribution in [0.3, 0.4) is 0 Å². The quantitative estimate of drug-likeness (QED) is 0.851. The third kappa shape index (κ3) is 2.75. The molecule has 2 fully saturated rings. The van der Waals surface area contributed by atoms with E-state index < -0.39 is 0 Å². The standard InChI is InChI=1S/C18H28N4O2/c1-17(5-6-17)16(23)21-10-7-18(8-11-21)4-3-14-19-20-15(13-24-2)22(14)12-9-18/h3-13H2,1-2H3. The van der Waals surface area contributed by atoms with Crippen LogP contribution in [0.15, 0.2) is 0 Å². The Morgan fingerprint density at radius 2 is 1.79 bits per heavy atom. The van der Waals surface area contributed by atoms with Crippen molar-refractivity contribution < 1.29 is 9.53 Å². The molecule has 0 radical (unpaired) electrons. The van der Waals surface area contributed by atoms with Crippen molar-refractivity contribution in [2.75, 3.05) is 20.2 Å². The largest absolute Gasteiger partial charge is 0.377 e. The molecule has 6 nitrogen and oxygen atoms in total. The maximum atomic E-state index is 12.6. The van der Waals surface area contributed by atoms with Crippen molar-refractivity contribution in [2.24, 2.45) is 10.8 Å². The van der Waals surface area contributed by atoms with Crippen molar-refractivity contribution in [1.29, 1.82) is 0 Å². The smallest absolute Gasteiger partial charge is 0.228 e. The number of carbonyl (C=O) groups excluding carboxylic acids is 1. The van der Waals surface area contributed by atoms with Crippen LogP contribution >= 0.6 is 0 Å². The van der Waals surface area contributed by atoms with E-state index >= 15 is 0 Å². The number of methoxy groups -OCH3 is 1. The molecular formula is C18H28N4O2. The number of ether oxygens (including phenoxy) is 1. The number of hydrogen-bond acceptors (Lipinski definition) is 4. The molecule has 1 saturated heterocycles. The first-order valence-corrected chi connectivity index (χ1v) is 9.25. The van der Waals surface area contributed by atoms with Crippen LogP contribution in [0.1, 0.15) is 57.1 Å². The minimum Gasteiger partial charge on any atom is -0.377 e. The molecule has 1 amide bonds. The van der Waals surface area contributed by atoms with Gasteiger partial charge in [0.05, 0.1) is 0 Å². The Balaban J connectivity index is 1.40. The van der Waals surface area contributed by atoms with Crippen LogP contribution in [0.25, 0.3) is 0 Å². The van der Waals surface area contributed by atoms with Gasteiger partial charge in [-0.05, 0) is 43.9 Å². The molecule has 0 aromatic carbocycles. The molecule has 6 heteroatoms. The molecule has 24 heavy (non-hydrogen) atoms. The molecule has 1 aromatic heterocycles. The number of amides is 1. The van der Waals surface area contributed by atoms with Gasteiger partial charge in [0.25, 0.3) is 0 Å². The van der Waals surface area contributed by atoms with Crippen molar-refractivity contribution >= 4 is 5.91 Å². The van der Waals surface area contributed by atoms with Crippen molar-refractivity contribution in [2.45, 2.75) is 65.0 Å². The van der Waals surface area contributed by atoms with E-state index in [1.807, 2.05) is 0 Å². The first kappa shape index (κ1) is 16.1. The van der Waals surface area contributed by atoms with Crippen LogP contribution in [0.5, 0.6) is 0 Å². The highest BCUT2D eigenvalue weighted by Gasteiger charge is 2.48. The summed E-state index contributed by atoms with van der Waals surface area (Å²) in [4.78, 5) is 14.7. The Labute approximate surface area is 143 Å². The highest BCUT2D eigenvalue weighted by molar-refractivity contribution is 5.85. The summed E-state index contributed by atoms with van der Waals surface area (Å²) in [5, 5.41) is 8.63. The van der Waals surface area contributed by atoms with Crippen LogP contribution in [0.4, 0.5) is 0 Å². The van der Waals surface area contributed by atoms with E-state index in [-0.39, 0.29) is 5.41 Å². The van der Waals surface area contributed by atoms with Crippen LogP contribution in [-0.2, 0) is 29.1 Å². The average Bonchev–Trinajstić information content (AvgIpc) is 3.27. The van der Waals surface area contributed by atoms with Gasteiger partial charge in [-0.2, -0.15) is 0 Å². The molecule has 2 aliphatic heterocycles. The van der Waals surface area contributed by atoms with Crippen molar-refractivity contribution in [3.63, 3.8) is 0 Å². The summed E-state index contributed by atoms with van der Waals surface area (Å²) in [5.74, 6) is 2.44. The number of hydrogen-bond donors (Lipinski definition) is 0. The van der Waals surface area contributed by atoms with Crippen LogP contribution in [0.2, 0.25) is 0 Å². The highest BCUT2D eigenvalue weighted by Crippen LogP contribution is 2.48. The van der Waals surface area contributed by atoms with Gasteiger partial charge in [-0.1, -0.05) is 6.92 Å². The summed E-state index contributed by atoms with van der Waals surface area (Å²) in [5.41, 5.74) is 0.337. The number of piperidine rings is 1. The molecule has 132 valence electrons. The highest BCUT2D eigenvalue weighted by atomic mass is 16.5. The minimum absolute atomic E-state index is 0.0308. The fraction of sp³-hybridized carbons (Fsp3) is 0.833. The number of likely N-dealkylation sites (tertiary alicyclic amines) is 1. The predicted molar refractivity (Wildman–Crippen MR) is 89.3 cm³/mol. The summed E-state index contributed by atoms with van der Waals surface area (Å²) < 4.78 is 7.49. The summed E-state index contributed by atoms with van der Waals surface area (Å²) in [6.07, 6.45) is 7.72. The molecule has 0 N–H and O–H groups in total. The number of fused-ring (bicyclic) bond motifs is 1. The molecule has 0 atom stereocenters. The van der Waals surface area contributed by atoms with Gasteiger partial charge >= 0.3 is 0 Å². The second kappa shape index (κ2) is 5.83. The molecule has 3 heterocycles. The lowest BCUT2D eigenvalue weighted by Crippen LogP contribution is -2.45. The maximum Gasteiger partial charge on any atom is 0.228 e. The molecule has 3 aliphatic rings. The Bertz CT molecular complexity index is 627. The molecule has 4 rings (SSSR count). The third-order valence-electron chi connectivity index (χ3n) is 6.55. The topological polar surface area (TPSA) is 60.3 Å². The molecule has 1 saturated carbocycles. The molecule has 0 unspecified atom stereocenters.